The molecule has 0 bridgehead atoms. The zero-order chi connectivity index (χ0) is 15.3. The van der Waals surface area contributed by atoms with Crippen molar-refractivity contribution >= 4 is 22.6 Å². The number of carboxylic acids is 1. The van der Waals surface area contributed by atoms with Gasteiger partial charge in [-0.05, 0) is 12.1 Å². The first-order valence-electron chi connectivity index (χ1n) is 6.34. The van der Waals surface area contributed by atoms with Gasteiger partial charge < -0.3 is 20.1 Å². The smallest absolute Gasteiger partial charge is 0.341 e. The molecule has 0 spiro atoms. The van der Waals surface area contributed by atoms with E-state index in [1.165, 1.54) is 23.9 Å². The van der Waals surface area contributed by atoms with Gasteiger partial charge in [0.15, 0.2) is 0 Å². The Bertz CT molecular complexity index is 815. The number of nitrogens with zero attached hydrogens (tertiary/aromatic N) is 1. The van der Waals surface area contributed by atoms with Gasteiger partial charge in [-0.3, -0.25) is 4.79 Å². The number of carbonyl (C=O) groups is 1. The molecule has 1 aromatic carbocycles. The summed E-state index contributed by atoms with van der Waals surface area (Å²) in [5.74, 6) is -1.01. The van der Waals surface area contributed by atoms with E-state index in [0.29, 0.717) is 11.3 Å². The monoisotopic (exact) mass is 292 g/mol. The average molecular weight is 292 g/mol. The van der Waals surface area contributed by atoms with Crippen molar-refractivity contribution in [3.05, 3.63) is 34.1 Å². The predicted octanol–water partition coefficient (Wildman–Crippen LogP) is 1.57. The van der Waals surface area contributed by atoms with Gasteiger partial charge in [0.1, 0.15) is 17.5 Å². The van der Waals surface area contributed by atoms with Crippen LogP contribution in [0.5, 0.6) is 5.75 Å². The fourth-order valence-electron chi connectivity index (χ4n) is 2.50. The van der Waals surface area contributed by atoms with Crippen LogP contribution in [0, 0.1) is 0 Å². The summed E-state index contributed by atoms with van der Waals surface area (Å²) in [6.45, 7) is 0. The highest BCUT2D eigenvalue weighted by Crippen LogP contribution is 2.42. The number of methoxy groups -OCH3 is 1. The van der Waals surface area contributed by atoms with Crippen LogP contribution < -0.4 is 15.9 Å². The molecule has 0 aliphatic heterocycles. The van der Waals surface area contributed by atoms with Crippen molar-refractivity contribution < 1.29 is 19.0 Å². The number of alkyl halides is 1. The van der Waals surface area contributed by atoms with Gasteiger partial charge in [-0.2, -0.15) is 0 Å². The standard InChI is InChI=1S/C14H13FN2O4/c1-21-10-3-2-8(16)11-12(10)17(9-4-7(9)15)5-6(13(11)18)14(19)20/h2-3,5,7,9H,4,16H2,1H3,(H,19,20)/t7-,9+/m0/s1. The second-order valence-electron chi connectivity index (χ2n) is 4.98. The minimum absolute atomic E-state index is 0.0494. The number of aromatic carboxylic acids is 1. The van der Waals surface area contributed by atoms with Gasteiger partial charge in [0.25, 0.3) is 0 Å². The maximum absolute atomic E-state index is 13.4. The summed E-state index contributed by atoms with van der Waals surface area (Å²) in [6, 6.07) is 2.55. The molecule has 1 aromatic heterocycles. The minimum atomic E-state index is -1.37. The lowest BCUT2D eigenvalue weighted by molar-refractivity contribution is 0.0694. The van der Waals surface area contributed by atoms with E-state index in [4.69, 9.17) is 15.6 Å². The number of hydrogen-bond donors (Lipinski definition) is 2. The summed E-state index contributed by atoms with van der Waals surface area (Å²) in [5, 5.41) is 9.21. The van der Waals surface area contributed by atoms with Gasteiger partial charge in [0.05, 0.1) is 24.1 Å². The third kappa shape index (κ3) is 1.93. The van der Waals surface area contributed by atoms with E-state index < -0.39 is 29.2 Å². The molecule has 0 unspecified atom stereocenters. The van der Waals surface area contributed by atoms with Gasteiger partial charge in [-0.25, -0.2) is 9.18 Å². The third-order valence-electron chi connectivity index (χ3n) is 3.66. The lowest BCUT2D eigenvalue weighted by Crippen LogP contribution is -2.20. The van der Waals surface area contributed by atoms with Crippen LogP contribution >= 0.6 is 0 Å². The molecule has 1 fully saturated rings. The van der Waals surface area contributed by atoms with Crippen LogP contribution in [0.4, 0.5) is 10.1 Å². The maximum Gasteiger partial charge on any atom is 0.341 e. The number of carboxylic acid groups (broad SMARTS) is 1. The zero-order valence-corrected chi connectivity index (χ0v) is 11.2. The summed E-state index contributed by atoms with van der Waals surface area (Å²) < 4.78 is 20.1. The predicted molar refractivity (Wildman–Crippen MR) is 74.7 cm³/mol. The fraction of sp³-hybridized carbons (Fsp3) is 0.286. The molecule has 0 radical (unpaired) electrons. The molecule has 1 aliphatic carbocycles. The number of anilines is 1. The quantitative estimate of drug-likeness (QED) is 0.837. The molecular weight excluding hydrogens is 279 g/mol. The highest BCUT2D eigenvalue weighted by molar-refractivity contribution is 5.99. The second-order valence-corrected chi connectivity index (χ2v) is 4.98. The number of benzene rings is 1. The molecular formula is C14H13FN2O4. The number of aromatic nitrogens is 1. The van der Waals surface area contributed by atoms with Gasteiger partial charge >= 0.3 is 5.97 Å². The van der Waals surface area contributed by atoms with Crippen LogP contribution in [0.25, 0.3) is 10.9 Å². The Labute approximate surface area is 118 Å². The molecule has 2 aromatic rings. The Kier molecular flexibility index (Phi) is 2.86. The number of ether oxygens (including phenoxy) is 1. The summed E-state index contributed by atoms with van der Waals surface area (Å²) in [7, 11) is 1.42. The van der Waals surface area contributed by atoms with Crippen molar-refractivity contribution in [1.29, 1.82) is 0 Å². The molecule has 1 aliphatic rings. The summed E-state index contributed by atoms with van der Waals surface area (Å²) in [5.41, 5.74) is 5.17. The van der Waals surface area contributed by atoms with E-state index in [1.807, 2.05) is 0 Å². The van der Waals surface area contributed by atoms with E-state index >= 15 is 0 Å². The molecule has 1 heterocycles. The SMILES string of the molecule is COc1ccc(N)c2c(=O)c(C(=O)O)cn([C@@H]3C[C@@H]3F)c12. The van der Waals surface area contributed by atoms with Crippen LogP contribution in [0.2, 0.25) is 0 Å². The molecule has 2 atom stereocenters. The van der Waals surface area contributed by atoms with E-state index in [0.717, 1.165) is 0 Å². The van der Waals surface area contributed by atoms with Gasteiger partial charge in [-0.1, -0.05) is 0 Å². The number of hydrogen-bond acceptors (Lipinski definition) is 4. The van der Waals surface area contributed by atoms with Crippen LogP contribution in [-0.4, -0.2) is 28.9 Å². The molecule has 3 N–H and O–H groups in total. The second kappa shape index (κ2) is 4.47. The lowest BCUT2D eigenvalue weighted by Gasteiger charge is -2.15. The highest BCUT2D eigenvalue weighted by atomic mass is 19.1. The molecule has 110 valence electrons. The first-order valence-corrected chi connectivity index (χ1v) is 6.34. The molecule has 0 saturated heterocycles. The number of fused-ring (bicyclic) bond motifs is 1. The Morgan fingerprint density at radius 3 is 2.71 bits per heavy atom. The van der Waals surface area contributed by atoms with E-state index in [2.05, 4.69) is 0 Å². The summed E-state index contributed by atoms with van der Waals surface area (Å²) in [6.07, 6.45) is 0.372. The average Bonchev–Trinajstić information content (AvgIpc) is 3.16. The topological polar surface area (TPSA) is 94.6 Å². The van der Waals surface area contributed by atoms with Crippen LogP contribution in [-0.2, 0) is 0 Å². The van der Waals surface area contributed by atoms with Gasteiger partial charge in [0, 0.05) is 18.3 Å². The third-order valence-corrected chi connectivity index (χ3v) is 3.66. The lowest BCUT2D eigenvalue weighted by atomic mass is 10.1. The van der Waals surface area contributed by atoms with Gasteiger partial charge in [-0.15, -0.1) is 0 Å². The number of nitrogens with two attached hydrogens (primary N) is 1. The van der Waals surface area contributed by atoms with Crippen molar-refractivity contribution in [1.82, 2.24) is 4.57 Å². The summed E-state index contributed by atoms with van der Waals surface area (Å²) in [4.78, 5) is 23.5. The van der Waals surface area contributed by atoms with E-state index in [-0.39, 0.29) is 17.5 Å². The first-order chi connectivity index (χ1) is 9.95. The molecule has 21 heavy (non-hydrogen) atoms. The minimum Gasteiger partial charge on any atom is -0.495 e. The Morgan fingerprint density at radius 1 is 1.52 bits per heavy atom. The van der Waals surface area contributed by atoms with Crippen LogP contribution in [0.15, 0.2) is 23.1 Å². The maximum atomic E-state index is 13.4. The number of halogens is 1. The Balaban J connectivity index is 2.48. The van der Waals surface area contributed by atoms with E-state index in [1.54, 1.807) is 6.07 Å². The first kappa shape index (κ1) is 13.4. The molecule has 1 saturated carbocycles. The fourth-order valence-corrected chi connectivity index (χ4v) is 2.50. The number of nitrogen functional groups attached to an aromatic ring is 1. The van der Waals surface area contributed by atoms with Crippen LogP contribution in [0.1, 0.15) is 22.8 Å². The molecule has 0 amide bonds. The van der Waals surface area contributed by atoms with Crippen molar-refractivity contribution in [2.75, 3.05) is 12.8 Å². The molecule has 6 nitrogen and oxygen atoms in total. The largest absolute Gasteiger partial charge is 0.495 e. The number of rotatable bonds is 3. The molecule has 3 rings (SSSR count). The number of pyridine rings is 1. The van der Waals surface area contributed by atoms with E-state index in [9.17, 15) is 14.0 Å². The Hall–Kier alpha value is -2.57. The van der Waals surface area contributed by atoms with Crippen molar-refractivity contribution in [3.63, 3.8) is 0 Å². The summed E-state index contributed by atoms with van der Waals surface area (Å²) >= 11 is 0. The highest BCUT2D eigenvalue weighted by Gasteiger charge is 2.40. The Morgan fingerprint density at radius 2 is 2.19 bits per heavy atom. The van der Waals surface area contributed by atoms with Crippen molar-refractivity contribution in [2.24, 2.45) is 0 Å². The van der Waals surface area contributed by atoms with Crippen LogP contribution in [0.3, 0.4) is 0 Å². The van der Waals surface area contributed by atoms with Crippen molar-refractivity contribution in [2.45, 2.75) is 18.6 Å². The normalized spacial score (nSPS) is 20.5. The van der Waals surface area contributed by atoms with Crippen molar-refractivity contribution in [3.8, 4) is 5.75 Å². The molecule has 7 heteroatoms. The zero-order valence-electron chi connectivity index (χ0n) is 11.2. The van der Waals surface area contributed by atoms with Gasteiger partial charge in [0.2, 0.25) is 5.43 Å².